The summed E-state index contributed by atoms with van der Waals surface area (Å²) < 4.78 is 18.8. The monoisotopic (exact) mass is 235 g/mol. The Labute approximate surface area is 91.2 Å². The molecule has 1 heterocycles. The number of hydrogen-bond donors (Lipinski definition) is 2. The molecule has 1 rings (SSSR count). The topological polar surface area (TPSA) is 80.5 Å². The van der Waals surface area contributed by atoms with Crippen molar-refractivity contribution in [2.75, 3.05) is 7.11 Å². The number of rotatable bonds is 4. The van der Waals surface area contributed by atoms with Crippen LogP contribution in [0.1, 0.15) is 6.92 Å². The second kappa shape index (κ2) is 5.87. The van der Waals surface area contributed by atoms with E-state index in [0.717, 1.165) is 0 Å². The first kappa shape index (κ1) is 13.0. The van der Waals surface area contributed by atoms with Crippen LogP contribution < -0.4 is 0 Å². The quantitative estimate of drug-likeness (QED) is 0.486. The Kier molecular flexibility index (Phi) is 5.09. The molecule has 0 spiro atoms. The molecule has 3 unspecified atom stereocenters. The molecule has 1 aliphatic rings. The van der Waals surface area contributed by atoms with Gasteiger partial charge in [-0.25, -0.2) is 0 Å². The van der Waals surface area contributed by atoms with Gasteiger partial charge >= 0.3 is 90.4 Å². The maximum atomic E-state index is 9.64. The summed E-state index contributed by atoms with van der Waals surface area (Å²) in [6, 6.07) is 0. The fraction of sp³-hybridized carbons (Fsp3) is 1.00. The number of methoxy groups -OCH3 is 1. The third-order valence-corrected chi connectivity index (χ3v) is 2.41. The number of ether oxygens (including phenoxy) is 2. The molecule has 0 radical (unpaired) electrons. The van der Waals surface area contributed by atoms with Crippen LogP contribution in [0.25, 0.3) is 0 Å². The van der Waals surface area contributed by atoms with Crippen LogP contribution in [0.2, 0.25) is 0 Å². The standard InChI is InChI=1S/C7H15BNO5P/c1-3(14-8-9-15)6-4(10)5(11)7(12-2)13-6/h3-7,10-11H,15H2,1-2H3/t3?,4-,5+,6+,7?/m0/s1. The van der Waals surface area contributed by atoms with E-state index >= 15 is 0 Å². The fourth-order valence-corrected chi connectivity index (χ4v) is 1.53. The molecule has 0 saturated carbocycles. The van der Waals surface area contributed by atoms with Gasteiger partial charge in [-0.15, -0.1) is 0 Å². The van der Waals surface area contributed by atoms with Crippen LogP contribution in [0.4, 0.5) is 0 Å². The molecule has 8 heteroatoms. The molecule has 0 aromatic carbocycles. The predicted molar refractivity (Wildman–Crippen MR) is 56.1 cm³/mol. The Morgan fingerprint density at radius 2 is 2.13 bits per heavy atom. The van der Waals surface area contributed by atoms with E-state index in [1.54, 1.807) is 6.92 Å². The Balaban J connectivity index is 2.56. The van der Waals surface area contributed by atoms with Crippen LogP contribution in [0.5, 0.6) is 0 Å². The van der Waals surface area contributed by atoms with Crippen LogP contribution >= 0.6 is 9.39 Å². The van der Waals surface area contributed by atoms with Crippen LogP contribution in [0, 0.1) is 0 Å². The van der Waals surface area contributed by atoms with Crippen molar-refractivity contribution in [2.24, 2.45) is 4.67 Å². The van der Waals surface area contributed by atoms with Gasteiger partial charge in [0, 0.05) is 0 Å². The van der Waals surface area contributed by atoms with Gasteiger partial charge in [0.25, 0.3) is 0 Å². The summed E-state index contributed by atoms with van der Waals surface area (Å²) in [5.74, 6) is 0. The van der Waals surface area contributed by atoms with E-state index in [-0.39, 0.29) is 0 Å². The SMILES string of the molecule is COC1O[C@H](C(C)OB=NP)[C@@H](O)[C@H]1O. The van der Waals surface area contributed by atoms with Crippen LogP contribution in [0.3, 0.4) is 0 Å². The van der Waals surface area contributed by atoms with Crippen LogP contribution in [0.15, 0.2) is 4.67 Å². The third kappa shape index (κ3) is 2.95. The molecule has 0 aromatic heterocycles. The summed E-state index contributed by atoms with van der Waals surface area (Å²) in [4.78, 5) is 0. The molecule has 0 amide bonds. The first-order valence-corrected chi connectivity index (χ1v) is 5.05. The molecule has 15 heavy (non-hydrogen) atoms. The first-order chi connectivity index (χ1) is 7.11. The zero-order valence-electron chi connectivity index (χ0n) is 8.61. The van der Waals surface area contributed by atoms with E-state index in [1.165, 1.54) is 14.4 Å². The van der Waals surface area contributed by atoms with Crippen LogP contribution in [-0.2, 0) is 14.1 Å². The minimum absolute atomic E-state index is 0.418. The Morgan fingerprint density at radius 1 is 1.47 bits per heavy atom. The van der Waals surface area contributed by atoms with Gasteiger partial charge in [-0.3, -0.25) is 0 Å². The summed E-state index contributed by atoms with van der Waals surface area (Å²) in [7, 11) is 4.76. The third-order valence-electron chi connectivity index (χ3n) is 2.29. The molecule has 1 aliphatic heterocycles. The molecule has 1 saturated heterocycles. The summed E-state index contributed by atoms with van der Waals surface area (Å²) in [5, 5.41) is 19.2. The van der Waals surface area contributed by atoms with Gasteiger partial charge in [-0.05, 0) is 0 Å². The molecule has 0 bridgehead atoms. The van der Waals surface area contributed by atoms with E-state index in [1.807, 2.05) is 0 Å². The van der Waals surface area contributed by atoms with Crippen molar-refractivity contribution in [3.8, 4) is 0 Å². The van der Waals surface area contributed by atoms with E-state index in [0.29, 0.717) is 0 Å². The van der Waals surface area contributed by atoms with Gasteiger partial charge in [-0.1, -0.05) is 0 Å². The molecular formula is C7H15BNO5P. The number of hydrogen-bond acceptors (Lipinski definition) is 6. The molecule has 2 N–H and O–H groups in total. The van der Waals surface area contributed by atoms with Gasteiger partial charge in [0.1, 0.15) is 0 Å². The number of aliphatic hydroxyl groups excluding tert-OH is 2. The van der Waals surface area contributed by atoms with Crippen molar-refractivity contribution in [1.82, 2.24) is 0 Å². The Morgan fingerprint density at radius 3 is 2.60 bits per heavy atom. The van der Waals surface area contributed by atoms with E-state index in [9.17, 15) is 10.2 Å². The van der Waals surface area contributed by atoms with Crippen LogP contribution in [-0.4, -0.2) is 55.3 Å². The molecule has 86 valence electrons. The second-order valence-corrected chi connectivity index (χ2v) is 3.58. The minimum atomic E-state index is -1.06. The zero-order valence-corrected chi connectivity index (χ0v) is 9.76. The molecule has 6 atom stereocenters. The van der Waals surface area contributed by atoms with Gasteiger partial charge in [-0.2, -0.15) is 0 Å². The maximum absolute atomic E-state index is 9.64. The zero-order chi connectivity index (χ0) is 11.4. The van der Waals surface area contributed by atoms with Gasteiger partial charge in [0.05, 0.1) is 0 Å². The van der Waals surface area contributed by atoms with Crippen molar-refractivity contribution in [3.05, 3.63) is 0 Å². The van der Waals surface area contributed by atoms with E-state index in [4.69, 9.17) is 14.1 Å². The van der Waals surface area contributed by atoms with Crippen molar-refractivity contribution in [3.63, 3.8) is 0 Å². The summed E-state index contributed by atoms with van der Waals surface area (Å²) in [6.07, 6.45) is -3.95. The predicted octanol–water partition coefficient (Wildman–Crippen LogP) is -0.922. The average molecular weight is 235 g/mol. The normalized spacial score (nSPS) is 37.9. The fourth-order valence-electron chi connectivity index (χ4n) is 1.46. The molecule has 0 aromatic rings. The van der Waals surface area contributed by atoms with Gasteiger partial charge in [0.15, 0.2) is 0 Å². The summed E-state index contributed by atoms with van der Waals surface area (Å²) in [6.45, 7) is 1.71. The number of aliphatic hydroxyl groups is 2. The van der Waals surface area contributed by atoms with E-state index < -0.39 is 30.7 Å². The number of nitrogens with zero attached hydrogens (tertiary/aromatic N) is 1. The van der Waals surface area contributed by atoms with Crippen molar-refractivity contribution < 1.29 is 24.3 Å². The second-order valence-electron chi connectivity index (χ2n) is 3.28. The molecular weight excluding hydrogens is 220 g/mol. The van der Waals surface area contributed by atoms with Crippen molar-refractivity contribution in [1.29, 1.82) is 0 Å². The molecule has 6 nitrogen and oxygen atoms in total. The molecule has 0 aliphatic carbocycles. The first-order valence-electron chi connectivity index (χ1n) is 4.53. The van der Waals surface area contributed by atoms with Gasteiger partial charge < -0.3 is 0 Å². The van der Waals surface area contributed by atoms with Crippen molar-refractivity contribution in [2.45, 2.75) is 37.6 Å². The Hall–Kier alpha value is -0.0651. The summed E-state index contributed by atoms with van der Waals surface area (Å²) >= 11 is 0. The average Bonchev–Trinajstić information content (AvgIpc) is 2.52. The summed E-state index contributed by atoms with van der Waals surface area (Å²) in [5.41, 5.74) is 0. The van der Waals surface area contributed by atoms with Gasteiger partial charge in [0.2, 0.25) is 0 Å². The molecule has 1 fully saturated rings. The van der Waals surface area contributed by atoms with E-state index in [2.05, 4.69) is 14.1 Å². The van der Waals surface area contributed by atoms with Crippen molar-refractivity contribution >= 4 is 16.7 Å². The Bertz CT molecular complexity index is 231.